The molecule has 0 radical (unpaired) electrons. The molecule has 1 aromatic carbocycles. The highest BCUT2D eigenvalue weighted by Crippen LogP contribution is 2.21. The van der Waals surface area contributed by atoms with Crippen molar-refractivity contribution < 1.29 is 14.3 Å². The van der Waals surface area contributed by atoms with Gasteiger partial charge in [-0.25, -0.2) is 0 Å². The van der Waals surface area contributed by atoms with Crippen LogP contribution in [0.15, 0.2) is 18.2 Å². The predicted octanol–water partition coefficient (Wildman–Crippen LogP) is 1.41. The molecule has 1 aromatic rings. The van der Waals surface area contributed by atoms with Gasteiger partial charge < -0.3 is 20.3 Å². The van der Waals surface area contributed by atoms with Crippen LogP contribution in [0.25, 0.3) is 0 Å². The summed E-state index contributed by atoms with van der Waals surface area (Å²) >= 11 is 0. The molecule has 130 valence electrons. The quantitative estimate of drug-likeness (QED) is 0.878. The Morgan fingerprint density at radius 1 is 1.21 bits per heavy atom. The van der Waals surface area contributed by atoms with Gasteiger partial charge in [-0.1, -0.05) is 6.07 Å². The number of piperidine rings is 1. The van der Waals surface area contributed by atoms with Crippen LogP contribution in [0.4, 0.5) is 5.69 Å². The topological polar surface area (TPSA) is 70.7 Å². The lowest BCUT2D eigenvalue weighted by molar-refractivity contribution is -0.120. The van der Waals surface area contributed by atoms with E-state index in [0.29, 0.717) is 31.9 Å². The summed E-state index contributed by atoms with van der Waals surface area (Å²) in [5.74, 6) is 0.0930. The van der Waals surface area contributed by atoms with Gasteiger partial charge in [0.2, 0.25) is 5.91 Å². The van der Waals surface area contributed by atoms with E-state index >= 15 is 0 Å². The average molecular weight is 331 g/mol. The lowest BCUT2D eigenvalue weighted by Crippen LogP contribution is -2.40. The van der Waals surface area contributed by atoms with Crippen molar-refractivity contribution in [3.8, 4) is 0 Å². The normalized spacial score (nSPS) is 19.1. The number of ether oxygens (including phenoxy) is 1. The molecule has 0 atom stereocenters. The van der Waals surface area contributed by atoms with Gasteiger partial charge in [0.15, 0.2) is 0 Å². The Hall–Kier alpha value is -1.92. The molecular weight excluding hydrogens is 306 g/mol. The Bertz CT molecular complexity index is 606. The standard InChI is InChI=1S/C18H25N3O3/c1-13-2-3-15(18(23)21-8-10-24-11-9-21)12-16(13)20-17(22)14-4-6-19-7-5-14/h2-3,12,14,19H,4-11H2,1H3,(H,20,22). The Kier molecular flexibility index (Phi) is 5.48. The van der Waals surface area contributed by atoms with Crippen LogP contribution in [0.3, 0.4) is 0 Å². The predicted molar refractivity (Wildman–Crippen MR) is 92.1 cm³/mol. The Labute approximate surface area is 142 Å². The molecule has 6 heteroatoms. The van der Waals surface area contributed by atoms with Gasteiger partial charge in [-0.05, 0) is 50.6 Å². The van der Waals surface area contributed by atoms with E-state index in [1.165, 1.54) is 0 Å². The van der Waals surface area contributed by atoms with E-state index in [4.69, 9.17) is 4.74 Å². The van der Waals surface area contributed by atoms with Gasteiger partial charge in [0.1, 0.15) is 0 Å². The molecule has 2 fully saturated rings. The number of carbonyl (C=O) groups is 2. The first-order valence-electron chi connectivity index (χ1n) is 8.64. The molecule has 2 amide bonds. The van der Waals surface area contributed by atoms with E-state index in [2.05, 4.69) is 10.6 Å². The van der Waals surface area contributed by atoms with E-state index in [9.17, 15) is 9.59 Å². The first-order valence-corrected chi connectivity index (χ1v) is 8.64. The van der Waals surface area contributed by atoms with Crippen LogP contribution in [0.1, 0.15) is 28.8 Å². The lowest BCUT2D eigenvalue weighted by atomic mass is 9.97. The highest BCUT2D eigenvalue weighted by molar-refractivity contribution is 5.98. The van der Waals surface area contributed by atoms with Crippen molar-refractivity contribution >= 4 is 17.5 Å². The molecule has 2 aliphatic heterocycles. The number of rotatable bonds is 3. The molecule has 0 unspecified atom stereocenters. The zero-order valence-corrected chi connectivity index (χ0v) is 14.1. The number of morpholine rings is 1. The lowest BCUT2D eigenvalue weighted by Gasteiger charge is -2.27. The smallest absolute Gasteiger partial charge is 0.254 e. The van der Waals surface area contributed by atoms with Gasteiger partial charge in [0, 0.05) is 30.3 Å². The van der Waals surface area contributed by atoms with Crippen LogP contribution in [-0.4, -0.2) is 56.1 Å². The zero-order chi connectivity index (χ0) is 16.9. The highest BCUT2D eigenvalue weighted by atomic mass is 16.5. The molecule has 3 rings (SSSR count). The maximum Gasteiger partial charge on any atom is 0.254 e. The maximum absolute atomic E-state index is 12.6. The minimum absolute atomic E-state index is 0.00401. The molecule has 2 saturated heterocycles. The van der Waals surface area contributed by atoms with Crippen molar-refractivity contribution in [2.45, 2.75) is 19.8 Å². The highest BCUT2D eigenvalue weighted by Gasteiger charge is 2.23. The van der Waals surface area contributed by atoms with E-state index in [0.717, 1.165) is 37.2 Å². The largest absolute Gasteiger partial charge is 0.378 e. The summed E-state index contributed by atoms with van der Waals surface area (Å²) in [7, 11) is 0. The number of hydrogen-bond acceptors (Lipinski definition) is 4. The molecule has 24 heavy (non-hydrogen) atoms. The zero-order valence-electron chi connectivity index (χ0n) is 14.1. The van der Waals surface area contributed by atoms with Crippen LogP contribution in [-0.2, 0) is 9.53 Å². The third kappa shape index (κ3) is 3.94. The average Bonchev–Trinajstić information content (AvgIpc) is 2.64. The number of aryl methyl sites for hydroxylation is 1. The summed E-state index contributed by atoms with van der Waals surface area (Å²) in [5.41, 5.74) is 2.32. The number of carbonyl (C=O) groups excluding carboxylic acids is 2. The van der Waals surface area contributed by atoms with Crippen molar-refractivity contribution in [2.24, 2.45) is 5.92 Å². The van der Waals surface area contributed by atoms with Crippen LogP contribution >= 0.6 is 0 Å². The van der Waals surface area contributed by atoms with Crippen LogP contribution in [0.2, 0.25) is 0 Å². The summed E-state index contributed by atoms with van der Waals surface area (Å²) in [6.45, 7) is 6.10. The first-order chi connectivity index (χ1) is 11.6. The van der Waals surface area contributed by atoms with Crippen LogP contribution in [0.5, 0.6) is 0 Å². The fourth-order valence-corrected chi connectivity index (χ4v) is 3.16. The summed E-state index contributed by atoms with van der Waals surface area (Å²) in [6.07, 6.45) is 1.72. The fraction of sp³-hybridized carbons (Fsp3) is 0.556. The van der Waals surface area contributed by atoms with Crippen molar-refractivity contribution in [1.82, 2.24) is 10.2 Å². The number of anilines is 1. The number of benzene rings is 1. The van der Waals surface area contributed by atoms with Crippen molar-refractivity contribution in [3.05, 3.63) is 29.3 Å². The Morgan fingerprint density at radius 3 is 2.62 bits per heavy atom. The van der Waals surface area contributed by atoms with Crippen LogP contribution in [0, 0.1) is 12.8 Å². The monoisotopic (exact) mass is 331 g/mol. The molecule has 2 heterocycles. The maximum atomic E-state index is 12.6. The second-order valence-electron chi connectivity index (χ2n) is 6.45. The molecule has 2 N–H and O–H groups in total. The summed E-state index contributed by atoms with van der Waals surface area (Å²) in [5, 5.41) is 6.28. The van der Waals surface area contributed by atoms with Crippen molar-refractivity contribution in [2.75, 3.05) is 44.7 Å². The van der Waals surface area contributed by atoms with Gasteiger partial charge in [0.05, 0.1) is 13.2 Å². The molecule has 0 spiro atoms. The Morgan fingerprint density at radius 2 is 1.92 bits per heavy atom. The SMILES string of the molecule is Cc1ccc(C(=O)N2CCOCC2)cc1NC(=O)C1CCNCC1. The summed E-state index contributed by atoms with van der Waals surface area (Å²) in [6, 6.07) is 5.52. The van der Waals surface area contributed by atoms with Crippen molar-refractivity contribution in [1.29, 1.82) is 0 Å². The number of nitrogens with one attached hydrogen (secondary N) is 2. The van der Waals surface area contributed by atoms with Gasteiger partial charge in [-0.3, -0.25) is 9.59 Å². The number of nitrogens with zero attached hydrogens (tertiary/aromatic N) is 1. The van der Waals surface area contributed by atoms with Gasteiger partial charge >= 0.3 is 0 Å². The van der Waals surface area contributed by atoms with E-state index in [1.807, 2.05) is 19.1 Å². The van der Waals surface area contributed by atoms with E-state index in [1.54, 1.807) is 11.0 Å². The van der Waals surface area contributed by atoms with E-state index in [-0.39, 0.29) is 17.7 Å². The summed E-state index contributed by atoms with van der Waals surface area (Å²) in [4.78, 5) is 26.9. The molecule has 0 bridgehead atoms. The Balaban J connectivity index is 1.71. The summed E-state index contributed by atoms with van der Waals surface area (Å²) < 4.78 is 5.29. The molecular formula is C18H25N3O3. The second-order valence-corrected chi connectivity index (χ2v) is 6.45. The van der Waals surface area contributed by atoms with Crippen molar-refractivity contribution in [3.63, 3.8) is 0 Å². The van der Waals surface area contributed by atoms with Gasteiger partial charge in [0.25, 0.3) is 5.91 Å². The molecule has 0 aromatic heterocycles. The van der Waals surface area contributed by atoms with E-state index < -0.39 is 0 Å². The third-order valence-corrected chi connectivity index (χ3v) is 4.75. The molecule has 2 aliphatic rings. The third-order valence-electron chi connectivity index (χ3n) is 4.75. The molecule has 0 saturated carbocycles. The van der Waals surface area contributed by atoms with Gasteiger partial charge in [-0.15, -0.1) is 0 Å². The minimum Gasteiger partial charge on any atom is -0.378 e. The first kappa shape index (κ1) is 16.9. The number of hydrogen-bond donors (Lipinski definition) is 2. The minimum atomic E-state index is -0.00401. The number of amides is 2. The molecule has 0 aliphatic carbocycles. The van der Waals surface area contributed by atoms with Crippen LogP contribution < -0.4 is 10.6 Å². The second kappa shape index (κ2) is 7.77. The fourth-order valence-electron chi connectivity index (χ4n) is 3.16. The van der Waals surface area contributed by atoms with Gasteiger partial charge in [-0.2, -0.15) is 0 Å². The molecule has 6 nitrogen and oxygen atoms in total.